The number of benzene rings is 3. The minimum absolute atomic E-state index is 0.136. The summed E-state index contributed by atoms with van der Waals surface area (Å²) in [4.78, 5) is 13.2. The first kappa shape index (κ1) is 21.3. The van der Waals surface area contributed by atoms with Crippen molar-refractivity contribution < 1.29 is 17.9 Å². The second kappa shape index (κ2) is 8.32. The van der Waals surface area contributed by atoms with E-state index in [1.165, 1.54) is 0 Å². The lowest BCUT2D eigenvalue weighted by molar-refractivity contribution is 0.0930. The highest BCUT2D eigenvalue weighted by Gasteiger charge is 2.46. The molecule has 1 fully saturated rings. The van der Waals surface area contributed by atoms with Crippen LogP contribution in [0.1, 0.15) is 34.3 Å². The van der Waals surface area contributed by atoms with Gasteiger partial charge in [0.2, 0.25) is 10.0 Å². The Balaban J connectivity index is 1.50. The summed E-state index contributed by atoms with van der Waals surface area (Å²) in [5.41, 5.74) is 2.21. The summed E-state index contributed by atoms with van der Waals surface area (Å²) in [6, 6.07) is 19.8. The minimum atomic E-state index is -3.26. The molecular weight excluding hydrogens is 412 g/mol. The molecular formula is C24H26N2O4S. The van der Waals surface area contributed by atoms with E-state index in [1.54, 1.807) is 12.1 Å². The number of fused-ring (bicyclic) bond motifs is 1. The van der Waals surface area contributed by atoms with Crippen molar-refractivity contribution >= 4 is 26.7 Å². The maximum atomic E-state index is 13.2. The number of sulfonamides is 1. The molecule has 4 rings (SSSR count). The molecule has 31 heavy (non-hydrogen) atoms. The van der Waals surface area contributed by atoms with Gasteiger partial charge in [-0.2, -0.15) is 0 Å². The van der Waals surface area contributed by atoms with Gasteiger partial charge in [0.05, 0.1) is 11.8 Å². The van der Waals surface area contributed by atoms with Crippen LogP contribution in [0.5, 0.6) is 5.75 Å². The summed E-state index contributed by atoms with van der Waals surface area (Å²) in [6.45, 7) is 2.23. The summed E-state index contributed by atoms with van der Waals surface area (Å²) >= 11 is 0. The Kier molecular flexibility index (Phi) is 5.73. The quantitative estimate of drug-likeness (QED) is 0.527. The molecule has 6 nitrogen and oxygen atoms in total. The normalized spacial score (nSPS) is 14.9. The van der Waals surface area contributed by atoms with Crippen LogP contribution in [0.15, 0.2) is 60.7 Å². The van der Waals surface area contributed by atoms with Gasteiger partial charge in [0.15, 0.2) is 0 Å². The van der Waals surface area contributed by atoms with Crippen molar-refractivity contribution in [1.29, 1.82) is 0 Å². The van der Waals surface area contributed by atoms with Gasteiger partial charge < -0.3 is 10.1 Å². The highest BCUT2D eigenvalue weighted by Crippen LogP contribution is 2.48. The predicted octanol–water partition coefficient (Wildman–Crippen LogP) is 3.50. The standard InChI is InChI=1S/C24H26N2O4S/c1-17-10-11-19(30-15-14-25-31(2,28)29)16-21(17)23(27)26-24(12-13-24)22-9-5-7-18-6-3-4-8-20(18)22/h3-11,16,25H,12-15H2,1-2H3,(H,26,27). The summed E-state index contributed by atoms with van der Waals surface area (Å²) in [5.74, 6) is 0.392. The Morgan fingerprint density at radius 1 is 1.06 bits per heavy atom. The molecule has 0 atom stereocenters. The van der Waals surface area contributed by atoms with E-state index in [4.69, 9.17) is 4.74 Å². The average molecular weight is 439 g/mol. The molecule has 1 aliphatic carbocycles. The molecule has 0 radical (unpaired) electrons. The first-order valence-corrected chi connectivity index (χ1v) is 12.2. The fourth-order valence-electron chi connectivity index (χ4n) is 3.85. The van der Waals surface area contributed by atoms with E-state index in [-0.39, 0.29) is 24.6 Å². The molecule has 3 aromatic rings. The number of hydrogen-bond acceptors (Lipinski definition) is 4. The molecule has 0 unspecified atom stereocenters. The fourth-order valence-corrected chi connectivity index (χ4v) is 4.30. The molecule has 0 spiro atoms. The van der Waals surface area contributed by atoms with Crippen LogP contribution in [0.25, 0.3) is 10.8 Å². The molecule has 1 saturated carbocycles. The second-order valence-electron chi connectivity index (χ2n) is 8.05. The lowest BCUT2D eigenvalue weighted by Gasteiger charge is -2.21. The summed E-state index contributed by atoms with van der Waals surface area (Å²) in [7, 11) is -3.26. The lowest BCUT2D eigenvalue weighted by atomic mass is 9.96. The molecule has 3 aromatic carbocycles. The van der Waals surface area contributed by atoms with Crippen molar-refractivity contribution in [1.82, 2.24) is 10.0 Å². The number of nitrogens with one attached hydrogen (secondary N) is 2. The molecule has 0 bridgehead atoms. The van der Waals surface area contributed by atoms with E-state index < -0.39 is 10.0 Å². The van der Waals surface area contributed by atoms with Crippen LogP contribution in [-0.2, 0) is 15.6 Å². The zero-order valence-electron chi connectivity index (χ0n) is 17.6. The van der Waals surface area contributed by atoms with Gasteiger partial charge in [0.25, 0.3) is 5.91 Å². The van der Waals surface area contributed by atoms with Gasteiger partial charge in [-0.05, 0) is 53.8 Å². The third-order valence-electron chi connectivity index (χ3n) is 5.60. The van der Waals surface area contributed by atoms with Crippen LogP contribution in [0.3, 0.4) is 0 Å². The molecule has 2 N–H and O–H groups in total. The van der Waals surface area contributed by atoms with Gasteiger partial charge in [-0.3, -0.25) is 4.79 Å². The van der Waals surface area contributed by atoms with Gasteiger partial charge in [-0.1, -0.05) is 48.5 Å². The first-order chi connectivity index (χ1) is 14.8. The van der Waals surface area contributed by atoms with E-state index in [9.17, 15) is 13.2 Å². The molecule has 0 heterocycles. The second-order valence-corrected chi connectivity index (χ2v) is 9.89. The van der Waals surface area contributed by atoms with Crippen molar-refractivity contribution in [2.24, 2.45) is 0 Å². The largest absolute Gasteiger partial charge is 0.492 e. The molecule has 1 aliphatic rings. The molecule has 162 valence electrons. The Morgan fingerprint density at radius 2 is 1.81 bits per heavy atom. The highest BCUT2D eigenvalue weighted by molar-refractivity contribution is 7.88. The topological polar surface area (TPSA) is 84.5 Å². The summed E-state index contributed by atoms with van der Waals surface area (Å²) < 4.78 is 30.3. The number of ether oxygens (including phenoxy) is 1. The van der Waals surface area contributed by atoms with Crippen LogP contribution in [0.4, 0.5) is 0 Å². The number of hydrogen-bond donors (Lipinski definition) is 2. The van der Waals surface area contributed by atoms with Gasteiger partial charge >= 0.3 is 0 Å². The number of carbonyl (C=O) groups excluding carboxylic acids is 1. The van der Waals surface area contributed by atoms with Crippen molar-refractivity contribution in [2.75, 3.05) is 19.4 Å². The number of rotatable bonds is 8. The maximum Gasteiger partial charge on any atom is 0.252 e. The molecule has 0 saturated heterocycles. The van der Waals surface area contributed by atoms with Crippen molar-refractivity contribution in [2.45, 2.75) is 25.3 Å². The average Bonchev–Trinajstić information content (AvgIpc) is 3.51. The minimum Gasteiger partial charge on any atom is -0.492 e. The van der Waals surface area contributed by atoms with Gasteiger partial charge in [-0.25, -0.2) is 13.1 Å². The highest BCUT2D eigenvalue weighted by atomic mass is 32.2. The Morgan fingerprint density at radius 3 is 2.55 bits per heavy atom. The lowest BCUT2D eigenvalue weighted by Crippen LogP contribution is -2.35. The van der Waals surface area contributed by atoms with Crippen LogP contribution in [-0.4, -0.2) is 33.7 Å². The van der Waals surface area contributed by atoms with Crippen molar-refractivity contribution in [3.8, 4) is 5.75 Å². The maximum absolute atomic E-state index is 13.2. The van der Waals surface area contributed by atoms with Gasteiger partial charge in [-0.15, -0.1) is 0 Å². The SMILES string of the molecule is Cc1ccc(OCCNS(C)(=O)=O)cc1C(=O)NC1(c2cccc3ccccc23)CC1. The molecule has 7 heteroatoms. The number of aryl methyl sites for hydroxylation is 1. The zero-order chi connectivity index (χ0) is 22.1. The zero-order valence-corrected chi connectivity index (χ0v) is 18.5. The third kappa shape index (κ3) is 4.89. The van der Waals surface area contributed by atoms with Crippen LogP contribution >= 0.6 is 0 Å². The summed E-state index contributed by atoms with van der Waals surface area (Å²) in [5, 5.41) is 5.59. The Labute approximate surface area is 182 Å². The Hall–Kier alpha value is -2.90. The molecule has 0 aromatic heterocycles. The van der Waals surface area contributed by atoms with E-state index in [2.05, 4.69) is 34.3 Å². The monoisotopic (exact) mass is 438 g/mol. The Bertz CT molecular complexity index is 1230. The van der Waals surface area contributed by atoms with E-state index >= 15 is 0 Å². The van der Waals surface area contributed by atoms with Crippen LogP contribution < -0.4 is 14.8 Å². The van der Waals surface area contributed by atoms with E-state index in [0.717, 1.165) is 41.0 Å². The number of amides is 1. The fraction of sp³-hybridized carbons (Fsp3) is 0.292. The van der Waals surface area contributed by atoms with E-state index in [0.29, 0.717) is 11.3 Å². The van der Waals surface area contributed by atoms with Crippen LogP contribution in [0, 0.1) is 6.92 Å². The summed E-state index contributed by atoms with van der Waals surface area (Å²) in [6.07, 6.45) is 2.91. The predicted molar refractivity (Wildman–Crippen MR) is 122 cm³/mol. The van der Waals surface area contributed by atoms with Crippen molar-refractivity contribution in [3.63, 3.8) is 0 Å². The number of carbonyl (C=O) groups is 1. The first-order valence-electron chi connectivity index (χ1n) is 10.3. The van der Waals surface area contributed by atoms with Gasteiger partial charge in [0.1, 0.15) is 12.4 Å². The van der Waals surface area contributed by atoms with Crippen molar-refractivity contribution in [3.05, 3.63) is 77.4 Å². The van der Waals surface area contributed by atoms with Gasteiger partial charge in [0, 0.05) is 12.1 Å². The molecule has 0 aliphatic heterocycles. The smallest absolute Gasteiger partial charge is 0.252 e. The molecule has 1 amide bonds. The third-order valence-corrected chi connectivity index (χ3v) is 6.33. The van der Waals surface area contributed by atoms with Crippen LogP contribution in [0.2, 0.25) is 0 Å². The van der Waals surface area contributed by atoms with E-state index in [1.807, 2.05) is 31.2 Å².